The Kier molecular flexibility index (Phi) is 5.29. The molecule has 6 atom stereocenters. The van der Waals surface area contributed by atoms with Crippen molar-refractivity contribution in [2.45, 2.75) is 63.6 Å². The van der Waals surface area contributed by atoms with Crippen LogP contribution in [0.3, 0.4) is 0 Å². The molecular formula is C20H26O7. The molecule has 27 heavy (non-hydrogen) atoms. The fourth-order valence-electron chi connectivity index (χ4n) is 3.77. The molecule has 148 valence electrons. The van der Waals surface area contributed by atoms with Gasteiger partial charge < -0.3 is 24.4 Å². The molecule has 2 heterocycles. The van der Waals surface area contributed by atoms with Crippen molar-refractivity contribution in [1.29, 1.82) is 0 Å². The number of hydrogen-bond acceptors (Lipinski definition) is 7. The number of allylic oxidation sites excluding steroid dienone is 1. The maximum Gasteiger partial charge on any atom is 0.334 e. The van der Waals surface area contributed by atoms with Gasteiger partial charge in [-0.05, 0) is 32.4 Å². The number of esters is 2. The minimum absolute atomic E-state index is 0.209. The number of carbonyl (C=O) groups is 2. The van der Waals surface area contributed by atoms with E-state index < -0.39 is 41.8 Å². The first-order valence-electron chi connectivity index (χ1n) is 9.11. The molecule has 0 spiro atoms. The van der Waals surface area contributed by atoms with Crippen LogP contribution in [0.25, 0.3) is 0 Å². The summed E-state index contributed by atoms with van der Waals surface area (Å²) in [7, 11) is 0. The zero-order chi connectivity index (χ0) is 19.9. The van der Waals surface area contributed by atoms with Gasteiger partial charge in [0.25, 0.3) is 0 Å². The molecule has 0 aromatic carbocycles. The second-order valence-corrected chi connectivity index (χ2v) is 7.61. The molecule has 2 fully saturated rings. The largest absolute Gasteiger partial charge is 0.458 e. The number of aliphatic hydroxyl groups excluding tert-OH is 2. The summed E-state index contributed by atoms with van der Waals surface area (Å²) in [5.41, 5.74) is 0.423. The van der Waals surface area contributed by atoms with Gasteiger partial charge in [0.15, 0.2) is 0 Å². The number of rotatable bonds is 3. The summed E-state index contributed by atoms with van der Waals surface area (Å²) in [5.74, 6) is -1.66. The highest BCUT2D eigenvalue weighted by molar-refractivity contribution is 5.92. The van der Waals surface area contributed by atoms with Gasteiger partial charge in [-0.2, -0.15) is 0 Å². The van der Waals surface area contributed by atoms with Gasteiger partial charge in [0.05, 0.1) is 30.3 Å². The van der Waals surface area contributed by atoms with E-state index in [9.17, 15) is 19.8 Å². The Morgan fingerprint density at radius 3 is 2.85 bits per heavy atom. The second-order valence-electron chi connectivity index (χ2n) is 7.61. The Morgan fingerprint density at radius 2 is 2.22 bits per heavy atom. The Morgan fingerprint density at radius 1 is 1.52 bits per heavy atom. The number of fused-ring (bicyclic) bond motifs is 2. The predicted molar refractivity (Wildman–Crippen MR) is 95.5 cm³/mol. The van der Waals surface area contributed by atoms with E-state index >= 15 is 0 Å². The number of epoxide rings is 1. The van der Waals surface area contributed by atoms with E-state index in [0.29, 0.717) is 24.0 Å². The first-order chi connectivity index (χ1) is 12.7. The van der Waals surface area contributed by atoms with Crippen LogP contribution < -0.4 is 0 Å². The zero-order valence-electron chi connectivity index (χ0n) is 15.8. The molecule has 2 aliphatic heterocycles. The Labute approximate surface area is 158 Å². The van der Waals surface area contributed by atoms with Crippen molar-refractivity contribution < 1.29 is 34.0 Å². The molecule has 0 aromatic rings. The number of carbonyl (C=O) groups excluding carboxylic acids is 2. The second kappa shape index (κ2) is 7.22. The van der Waals surface area contributed by atoms with Crippen LogP contribution in [0.4, 0.5) is 0 Å². The summed E-state index contributed by atoms with van der Waals surface area (Å²) >= 11 is 0. The Hall–Kier alpha value is -1.96. The maximum absolute atomic E-state index is 12.4. The first kappa shape index (κ1) is 19.8. The van der Waals surface area contributed by atoms with E-state index in [1.165, 1.54) is 0 Å². The lowest BCUT2D eigenvalue weighted by Crippen LogP contribution is -2.38. The van der Waals surface area contributed by atoms with Crippen LogP contribution in [0, 0.1) is 5.92 Å². The lowest BCUT2D eigenvalue weighted by atomic mass is 9.82. The summed E-state index contributed by atoms with van der Waals surface area (Å²) < 4.78 is 16.9. The van der Waals surface area contributed by atoms with Gasteiger partial charge in [0.2, 0.25) is 0 Å². The van der Waals surface area contributed by atoms with Crippen LogP contribution in [-0.4, -0.2) is 58.8 Å². The molecule has 0 radical (unpaired) electrons. The molecule has 0 amide bonds. The van der Waals surface area contributed by atoms with Crippen LogP contribution in [0.1, 0.15) is 33.6 Å². The van der Waals surface area contributed by atoms with Crippen molar-refractivity contribution >= 4 is 11.9 Å². The lowest BCUT2D eigenvalue weighted by molar-refractivity contribution is -0.148. The topological polar surface area (TPSA) is 106 Å². The smallest absolute Gasteiger partial charge is 0.334 e. The van der Waals surface area contributed by atoms with Gasteiger partial charge in [0.1, 0.15) is 12.2 Å². The van der Waals surface area contributed by atoms with E-state index in [0.717, 1.165) is 0 Å². The quantitative estimate of drug-likeness (QED) is 0.329. The van der Waals surface area contributed by atoms with E-state index in [-0.39, 0.29) is 18.3 Å². The minimum Gasteiger partial charge on any atom is -0.458 e. The minimum atomic E-state index is -0.903. The van der Waals surface area contributed by atoms with Gasteiger partial charge in [-0.3, -0.25) is 0 Å². The molecule has 0 aromatic heterocycles. The molecule has 0 bridgehead atoms. The highest BCUT2D eigenvalue weighted by Gasteiger charge is 2.57. The summed E-state index contributed by atoms with van der Waals surface area (Å²) in [4.78, 5) is 24.5. The van der Waals surface area contributed by atoms with Crippen molar-refractivity contribution in [2.75, 3.05) is 6.61 Å². The van der Waals surface area contributed by atoms with Crippen molar-refractivity contribution in [3.8, 4) is 0 Å². The average molecular weight is 378 g/mol. The standard InChI is InChI=1S/C20H26O7/c1-5-10(2)18(23)26-15-8-20(4)16(27-20)7-13(22)12(9-21)6-14-17(15)11(3)19(24)25-14/h5-6,13-17,21-22H,3,7-9H2,1-2,4H3/b10-5-,12-6?. The van der Waals surface area contributed by atoms with Crippen LogP contribution in [-0.2, 0) is 23.8 Å². The van der Waals surface area contributed by atoms with Crippen molar-refractivity contribution in [1.82, 2.24) is 0 Å². The molecule has 0 saturated carbocycles. The normalized spacial score (nSPS) is 39.1. The monoisotopic (exact) mass is 378 g/mol. The lowest BCUT2D eigenvalue weighted by Gasteiger charge is -2.29. The summed E-state index contributed by atoms with van der Waals surface area (Å²) in [6, 6.07) is 0. The SMILES string of the molecule is C=C1C(=O)OC2C=C(CO)C(O)CC3OC3(C)CC(OC(=O)/C(C)=C\C)C12. The predicted octanol–water partition coefficient (Wildman–Crippen LogP) is 1.19. The molecular weight excluding hydrogens is 352 g/mol. The highest BCUT2D eigenvalue weighted by atomic mass is 16.6. The van der Waals surface area contributed by atoms with Crippen LogP contribution >= 0.6 is 0 Å². The Balaban J connectivity index is 2.00. The number of ether oxygens (including phenoxy) is 3. The first-order valence-corrected chi connectivity index (χ1v) is 9.11. The van der Waals surface area contributed by atoms with E-state index in [1.54, 1.807) is 26.0 Å². The third-order valence-electron chi connectivity index (χ3n) is 5.74. The summed E-state index contributed by atoms with van der Waals surface area (Å²) in [6.45, 7) is 8.73. The fraction of sp³-hybridized carbons (Fsp3) is 0.600. The zero-order valence-corrected chi connectivity index (χ0v) is 15.8. The van der Waals surface area contributed by atoms with Gasteiger partial charge in [-0.1, -0.05) is 12.7 Å². The molecule has 7 nitrogen and oxygen atoms in total. The summed E-state index contributed by atoms with van der Waals surface area (Å²) in [6.07, 6.45) is 1.27. The van der Waals surface area contributed by atoms with Gasteiger partial charge in [-0.25, -0.2) is 9.59 Å². The van der Waals surface area contributed by atoms with Gasteiger partial charge >= 0.3 is 11.9 Å². The van der Waals surface area contributed by atoms with Crippen LogP contribution in [0.2, 0.25) is 0 Å². The molecule has 3 rings (SSSR count). The van der Waals surface area contributed by atoms with Crippen molar-refractivity contribution in [2.24, 2.45) is 5.92 Å². The van der Waals surface area contributed by atoms with Crippen LogP contribution in [0.5, 0.6) is 0 Å². The van der Waals surface area contributed by atoms with Crippen LogP contribution in [0.15, 0.2) is 35.5 Å². The third-order valence-corrected chi connectivity index (χ3v) is 5.74. The van der Waals surface area contributed by atoms with E-state index in [4.69, 9.17) is 14.2 Å². The number of aliphatic hydroxyl groups is 2. The maximum atomic E-state index is 12.4. The molecule has 7 heteroatoms. The van der Waals surface area contributed by atoms with Crippen molar-refractivity contribution in [3.05, 3.63) is 35.5 Å². The fourth-order valence-corrected chi connectivity index (χ4v) is 3.77. The number of hydrogen-bond donors (Lipinski definition) is 2. The van der Waals surface area contributed by atoms with Crippen molar-refractivity contribution in [3.63, 3.8) is 0 Å². The molecule has 3 aliphatic rings. The molecule has 2 N–H and O–H groups in total. The third kappa shape index (κ3) is 3.72. The molecule has 1 aliphatic carbocycles. The average Bonchev–Trinajstić information content (AvgIpc) is 3.15. The van der Waals surface area contributed by atoms with Gasteiger partial charge in [-0.15, -0.1) is 0 Å². The molecule has 6 unspecified atom stereocenters. The Bertz CT molecular complexity index is 722. The summed E-state index contributed by atoms with van der Waals surface area (Å²) in [5, 5.41) is 20.1. The highest BCUT2D eigenvalue weighted by Crippen LogP contribution is 2.47. The van der Waals surface area contributed by atoms with E-state index in [1.807, 2.05) is 6.92 Å². The van der Waals surface area contributed by atoms with E-state index in [2.05, 4.69) is 6.58 Å². The van der Waals surface area contributed by atoms with Gasteiger partial charge in [0, 0.05) is 24.0 Å². The molecule has 2 saturated heterocycles.